The van der Waals surface area contributed by atoms with Crippen LogP contribution in [-0.4, -0.2) is 60.6 Å². The van der Waals surface area contributed by atoms with Crippen LogP contribution in [-0.2, 0) is 9.59 Å². The standard InChI is InChI=1S/C15H20ClN3O3/c1-11(20)10-17-14(21)15(22)19-7-5-18(6-8-19)13-4-2-3-12(16)9-13/h2-4,9,11,20H,5-8,10H2,1H3,(H,17,21). The second-order valence-corrected chi connectivity index (χ2v) is 5.75. The van der Waals surface area contributed by atoms with E-state index in [0.717, 1.165) is 5.69 Å². The SMILES string of the molecule is CC(O)CNC(=O)C(=O)N1CCN(c2cccc(Cl)c2)CC1. The van der Waals surface area contributed by atoms with E-state index in [1.54, 1.807) is 6.92 Å². The van der Waals surface area contributed by atoms with Gasteiger partial charge in [-0.15, -0.1) is 0 Å². The largest absolute Gasteiger partial charge is 0.392 e. The van der Waals surface area contributed by atoms with Gasteiger partial charge in [-0.1, -0.05) is 17.7 Å². The number of amides is 2. The molecule has 0 radical (unpaired) electrons. The Morgan fingerprint density at radius 1 is 1.32 bits per heavy atom. The molecule has 1 aromatic rings. The first-order valence-corrected chi connectivity index (χ1v) is 7.61. The molecule has 120 valence electrons. The van der Waals surface area contributed by atoms with Crippen molar-refractivity contribution in [3.63, 3.8) is 0 Å². The van der Waals surface area contributed by atoms with Crippen molar-refractivity contribution in [3.05, 3.63) is 29.3 Å². The van der Waals surface area contributed by atoms with Crippen LogP contribution < -0.4 is 10.2 Å². The van der Waals surface area contributed by atoms with Crippen LogP contribution in [0.4, 0.5) is 5.69 Å². The highest BCUT2D eigenvalue weighted by molar-refractivity contribution is 6.35. The zero-order chi connectivity index (χ0) is 16.1. The lowest BCUT2D eigenvalue weighted by Gasteiger charge is -2.35. The van der Waals surface area contributed by atoms with E-state index in [9.17, 15) is 9.59 Å². The lowest BCUT2D eigenvalue weighted by Crippen LogP contribution is -2.53. The number of halogens is 1. The van der Waals surface area contributed by atoms with E-state index < -0.39 is 17.9 Å². The Balaban J connectivity index is 1.86. The molecule has 1 unspecified atom stereocenters. The number of aliphatic hydroxyl groups excluding tert-OH is 1. The van der Waals surface area contributed by atoms with Gasteiger partial charge in [0, 0.05) is 43.4 Å². The molecule has 2 N–H and O–H groups in total. The van der Waals surface area contributed by atoms with Crippen LogP contribution in [0.25, 0.3) is 0 Å². The molecule has 1 fully saturated rings. The maximum absolute atomic E-state index is 12.0. The van der Waals surface area contributed by atoms with Gasteiger partial charge in [0.1, 0.15) is 0 Å². The Hall–Kier alpha value is -1.79. The molecule has 0 aromatic heterocycles. The Bertz CT molecular complexity index is 543. The molecule has 1 aliphatic rings. The number of hydrogen-bond acceptors (Lipinski definition) is 4. The molecule has 1 saturated heterocycles. The van der Waals surface area contributed by atoms with Gasteiger partial charge in [-0.05, 0) is 25.1 Å². The van der Waals surface area contributed by atoms with Crippen molar-refractivity contribution in [2.45, 2.75) is 13.0 Å². The molecule has 6 nitrogen and oxygen atoms in total. The predicted molar refractivity (Wildman–Crippen MR) is 84.9 cm³/mol. The van der Waals surface area contributed by atoms with Gasteiger partial charge in [0.15, 0.2) is 0 Å². The van der Waals surface area contributed by atoms with Crippen molar-refractivity contribution < 1.29 is 14.7 Å². The zero-order valence-electron chi connectivity index (χ0n) is 12.5. The molecule has 1 heterocycles. The second kappa shape index (κ2) is 7.47. The lowest BCUT2D eigenvalue weighted by molar-refractivity contribution is -0.146. The number of benzene rings is 1. The first kappa shape index (κ1) is 16.6. The predicted octanol–water partition coefficient (Wildman–Crippen LogP) is 0.486. The number of nitrogens with zero attached hydrogens (tertiary/aromatic N) is 2. The fourth-order valence-electron chi connectivity index (χ4n) is 2.30. The normalized spacial score (nSPS) is 16.3. The summed E-state index contributed by atoms with van der Waals surface area (Å²) in [5.74, 6) is -1.22. The molecule has 2 amide bonds. The average molecular weight is 326 g/mol. The average Bonchev–Trinajstić information content (AvgIpc) is 2.52. The number of piperazine rings is 1. The summed E-state index contributed by atoms with van der Waals surface area (Å²) in [4.78, 5) is 27.4. The van der Waals surface area contributed by atoms with Gasteiger partial charge in [-0.3, -0.25) is 9.59 Å². The van der Waals surface area contributed by atoms with E-state index in [2.05, 4.69) is 10.2 Å². The van der Waals surface area contributed by atoms with Crippen LogP contribution in [0, 0.1) is 0 Å². The van der Waals surface area contributed by atoms with Crippen LogP contribution in [0.1, 0.15) is 6.92 Å². The van der Waals surface area contributed by atoms with Crippen molar-refractivity contribution >= 4 is 29.1 Å². The molecule has 7 heteroatoms. The van der Waals surface area contributed by atoms with Crippen molar-refractivity contribution in [3.8, 4) is 0 Å². The van der Waals surface area contributed by atoms with Crippen molar-refractivity contribution in [2.75, 3.05) is 37.6 Å². The first-order valence-electron chi connectivity index (χ1n) is 7.23. The molecule has 1 atom stereocenters. The molecule has 0 bridgehead atoms. The minimum absolute atomic E-state index is 0.0764. The van der Waals surface area contributed by atoms with E-state index in [-0.39, 0.29) is 6.54 Å². The number of anilines is 1. The van der Waals surface area contributed by atoms with Gasteiger partial charge >= 0.3 is 11.8 Å². The van der Waals surface area contributed by atoms with Crippen molar-refractivity contribution in [1.82, 2.24) is 10.2 Å². The van der Waals surface area contributed by atoms with Crippen LogP contribution in [0.2, 0.25) is 5.02 Å². The highest BCUT2D eigenvalue weighted by atomic mass is 35.5. The molecule has 1 aliphatic heterocycles. The summed E-state index contributed by atoms with van der Waals surface area (Å²) in [6, 6.07) is 7.56. The van der Waals surface area contributed by atoms with Crippen LogP contribution >= 0.6 is 11.6 Å². The monoisotopic (exact) mass is 325 g/mol. The van der Waals surface area contributed by atoms with Gasteiger partial charge in [-0.25, -0.2) is 0 Å². The number of nitrogens with one attached hydrogen (secondary N) is 1. The van der Waals surface area contributed by atoms with Gasteiger partial charge in [0.25, 0.3) is 0 Å². The van der Waals surface area contributed by atoms with Gasteiger partial charge < -0.3 is 20.2 Å². The number of aliphatic hydroxyl groups is 1. The third-order valence-corrected chi connectivity index (χ3v) is 3.73. The van der Waals surface area contributed by atoms with E-state index in [4.69, 9.17) is 16.7 Å². The first-order chi connectivity index (χ1) is 10.5. The molecule has 0 aliphatic carbocycles. The Kier molecular flexibility index (Phi) is 5.63. The Morgan fingerprint density at radius 2 is 2.00 bits per heavy atom. The third kappa shape index (κ3) is 4.35. The minimum Gasteiger partial charge on any atom is -0.392 e. The van der Waals surface area contributed by atoms with E-state index in [1.807, 2.05) is 24.3 Å². The van der Waals surface area contributed by atoms with Gasteiger partial charge in [0.2, 0.25) is 0 Å². The second-order valence-electron chi connectivity index (χ2n) is 5.32. The summed E-state index contributed by atoms with van der Waals surface area (Å²) in [6.45, 7) is 3.88. The maximum Gasteiger partial charge on any atom is 0.312 e. The molecule has 1 aromatic carbocycles. The highest BCUT2D eigenvalue weighted by Gasteiger charge is 2.26. The summed E-state index contributed by atoms with van der Waals surface area (Å²) in [6.07, 6.45) is -0.670. The summed E-state index contributed by atoms with van der Waals surface area (Å²) < 4.78 is 0. The molecule has 2 rings (SSSR count). The smallest absolute Gasteiger partial charge is 0.312 e. The molecule has 0 saturated carbocycles. The van der Waals surface area contributed by atoms with E-state index >= 15 is 0 Å². The van der Waals surface area contributed by atoms with Crippen molar-refractivity contribution in [2.24, 2.45) is 0 Å². The number of rotatable bonds is 3. The number of hydrogen-bond donors (Lipinski definition) is 2. The third-order valence-electron chi connectivity index (χ3n) is 3.49. The fourth-order valence-corrected chi connectivity index (χ4v) is 2.48. The topological polar surface area (TPSA) is 72.9 Å². The summed E-state index contributed by atoms with van der Waals surface area (Å²) in [5.41, 5.74) is 1.01. The van der Waals surface area contributed by atoms with Crippen LogP contribution in [0.5, 0.6) is 0 Å². The van der Waals surface area contributed by atoms with Crippen molar-refractivity contribution in [1.29, 1.82) is 0 Å². The maximum atomic E-state index is 12.0. The van der Waals surface area contributed by atoms with Crippen LogP contribution in [0.3, 0.4) is 0 Å². The summed E-state index contributed by atoms with van der Waals surface area (Å²) in [5, 5.41) is 12.2. The highest BCUT2D eigenvalue weighted by Crippen LogP contribution is 2.20. The van der Waals surface area contributed by atoms with E-state index in [0.29, 0.717) is 31.2 Å². The molecule has 0 spiro atoms. The quantitative estimate of drug-likeness (QED) is 0.793. The fraction of sp³-hybridized carbons (Fsp3) is 0.467. The lowest BCUT2D eigenvalue weighted by atomic mass is 10.2. The molecule has 22 heavy (non-hydrogen) atoms. The summed E-state index contributed by atoms with van der Waals surface area (Å²) >= 11 is 5.98. The summed E-state index contributed by atoms with van der Waals surface area (Å²) in [7, 11) is 0. The van der Waals surface area contributed by atoms with Gasteiger partial charge in [-0.2, -0.15) is 0 Å². The molecular formula is C15H20ClN3O3. The Labute approximate surface area is 134 Å². The minimum atomic E-state index is -0.670. The number of carbonyl (C=O) groups is 2. The van der Waals surface area contributed by atoms with Gasteiger partial charge in [0.05, 0.1) is 6.10 Å². The zero-order valence-corrected chi connectivity index (χ0v) is 13.2. The molecular weight excluding hydrogens is 306 g/mol. The number of carbonyl (C=O) groups excluding carboxylic acids is 2. The van der Waals surface area contributed by atoms with Crippen LogP contribution in [0.15, 0.2) is 24.3 Å². The Morgan fingerprint density at radius 3 is 2.59 bits per heavy atom. The van der Waals surface area contributed by atoms with E-state index in [1.165, 1.54) is 4.90 Å².